The predicted molar refractivity (Wildman–Crippen MR) is 265 cm³/mol. The lowest BCUT2D eigenvalue weighted by Crippen LogP contribution is -2.59. The topological polar surface area (TPSA) is 245 Å². The van der Waals surface area contributed by atoms with Crippen molar-refractivity contribution in [1.29, 1.82) is 5.26 Å². The molecule has 0 unspecified atom stereocenters. The fraction of sp³-hybridized carbons (Fsp3) is 0.429. The number of hydrogen-bond donors (Lipinski definition) is 5. The van der Waals surface area contributed by atoms with E-state index < -0.39 is 47.0 Å². The predicted octanol–water partition coefficient (Wildman–Crippen LogP) is 5.04. The molecule has 0 radical (unpaired) electrons. The van der Waals surface area contributed by atoms with Crippen molar-refractivity contribution in [3.63, 3.8) is 0 Å². The van der Waals surface area contributed by atoms with Gasteiger partial charge in [0.25, 0.3) is 11.8 Å². The van der Waals surface area contributed by atoms with E-state index in [4.69, 9.17) is 9.72 Å². The van der Waals surface area contributed by atoms with E-state index in [1.807, 2.05) is 44.3 Å². The van der Waals surface area contributed by atoms with Gasteiger partial charge in [0.2, 0.25) is 16.9 Å². The summed E-state index contributed by atoms with van der Waals surface area (Å²) in [5, 5.41) is 46.7. The molecule has 1 aliphatic carbocycles. The average Bonchev–Trinajstić information content (AvgIpc) is 3.84. The summed E-state index contributed by atoms with van der Waals surface area (Å²) in [6.45, 7) is 7.99. The first-order valence-corrected chi connectivity index (χ1v) is 25.1. The molecule has 2 aliphatic heterocycles. The van der Waals surface area contributed by atoms with Gasteiger partial charge in [-0.15, -0.1) is 21.5 Å². The maximum atomic E-state index is 14.7. The molecule has 19 nitrogen and oxygen atoms in total. The Kier molecular flexibility index (Phi) is 13.8. The third-order valence-electron chi connectivity index (χ3n) is 13.1. The van der Waals surface area contributed by atoms with E-state index in [0.717, 1.165) is 43.7 Å². The number of carbonyl (C=O) groups is 4. The normalized spacial score (nSPS) is 18.2. The largest absolute Gasteiger partial charge is 0.483 e. The molecule has 1 aromatic carbocycles. The van der Waals surface area contributed by atoms with Crippen molar-refractivity contribution >= 4 is 62.6 Å². The zero-order valence-electron chi connectivity index (χ0n) is 39.9. The number of aliphatic hydroxyl groups excluding tert-OH is 1. The minimum Gasteiger partial charge on any atom is -0.483 e. The number of fused-ring (bicyclic) bond motifs is 1. The van der Waals surface area contributed by atoms with Gasteiger partial charge < -0.3 is 40.9 Å². The highest BCUT2D eigenvalue weighted by atomic mass is 32.1. The number of piperidine rings is 1. The third-order valence-corrected chi connectivity index (χ3v) is 15.1. The van der Waals surface area contributed by atoms with Crippen molar-refractivity contribution in [2.75, 3.05) is 43.5 Å². The van der Waals surface area contributed by atoms with Crippen LogP contribution in [0.4, 0.5) is 15.2 Å². The molecule has 2 saturated heterocycles. The summed E-state index contributed by atoms with van der Waals surface area (Å²) in [5.74, 6) is -1.88. The van der Waals surface area contributed by atoms with E-state index >= 15 is 0 Å². The molecule has 3 aliphatic rings. The number of amides is 4. The van der Waals surface area contributed by atoms with Crippen molar-refractivity contribution in [1.82, 2.24) is 50.6 Å². The zero-order chi connectivity index (χ0) is 50.2. The van der Waals surface area contributed by atoms with Crippen LogP contribution in [0.5, 0.6) is 5.75 Å². The number of nitrogens with one attached hydrogen (secondary N) is 4. The number of nitrogens with zero attached hydrogens (tertiary/aromatic N) is 9. The van der Waals surface area contributed by atoms with Crippen LogP contribution in [0.1, 0.15) is 69.7 Å². The molecule has 4 amide bonds. The molecule has 0 spiro atoms. The molecule has 6 aromatic rings. The number of ether oxygens (including phenoxy) is 1. The van der Waals surface area contributed by atoms with Crippen molar-refractivity contribution in [2.45, 2.75) is 96.2 Å². The Labute approximate surface area is 416 Å². The SMILES string of the molecule is CNc1cc(-c2ccc3cc(C#N)cnn23)ncc1-c1nnc(N2CCC(NC(=O)COc3cc(-c4scnc4C)ccc3CNC(=O)[C@@H]3C[C@@H](O)CN3C(=O)[C@@H](NC(=O)C3(F)CC3)C(C)(C)C)CC2)s1. The van der Waals surface area contributed by atoms with Gasteiger partial charge in [-0.1, -0.05) is 44.2 Å². The van der Waals surface area contributed by atoms with E-state index in [2.05, 4.69) is 52.5 Å². The van der Waals surface area contributed by atoms with Crippen LogP contribution in [0.2, 0.25) is 0 Å². The third kappa shape index (κ3) is 10.5. The van der Waals surface area contributed by atoms with Gasteiger partial charge in [-0.3, -0.25) is 24.2 Å². The number of anilines is 2. The lowest BCUT2D eigenvalue weighted by molar-refractivity contribution is -0.145. The molecule has 7 heterocycles. The van der Waals surface area contributed by atoms with Gasteiger partial charge in [0, 0.05) is 63.1 Å². The molecule has 71 heavy (non-hydrogen) atoms. The van der Waals surface area contributed by atoms with Crippen LogP contribution in [-0.2, 0) is 25.7 Å². The number of aryl methyl sites for hydroxylation is 1. The molecule has 3 fully saturated rings. The number of benzene rings is 1. The number of halogens is 1. The lowest BCUT2D eigenvalue weighted by Gasteiger charge is -2.35. The number of aromatic nitrogens is 6. The Morgan fingerprint density at radius 1 is 1.06 bits per heavy atom. The number of aliphatic hydroxyl groups is 1. The molecule has 0 bridgehead atoms. The van der Waals surface area contributed by atoms with Crippen LogP contribution in [0.3, 0.4) is 0 Å². The molecule has 22 heteroatoms. The Bertz CT molecular complexity index is 3040. The molecular formula is C49H54FN13O6S2. The fourth-order valence-corrected chi connectivity index (χ4v) is 10.6. The molecule has 9 rings (SSSR count). The first kappa shape index (κ1) is 48.9. The van der Waals surface area contributed by atoms with Crippen LogP contribution in [0.15, 0.2) is 60.4 Å². The number of rotatable bonds is 15. The minimum absolute atomic E-state index is 0.0191. The first-order chi connectivity index (χ1) is 34.0. The number of thiazole rings is 1. The smallest absolute Gasteiger partial charge is 0.258 e. The molecular weight excluding hydrogens is 950 g/mol. The molecule has 3 atom stereocenters. The Morgan fingerprint density at radius 2 is 1.85 bits per heavy atom. The summed E-state index contributed by atoms with van der Waals surface area (Å²) in [6, 6.07) is 12.9. The number of alkyl halides is 1. The minimum atomic E-state index is -2.00. The highest BCUT2D eigenvalue weighted by molar-refractivity contribution is 7.18. The van der Waals surface area contributed by atoms with Crippen LogP contribution in [-0.4, -0.2) is 127 Å². The van der Waals surface area contributed by atoms with Crippen LogP contribution in [0.25, 0.3) is 37.9 Å². The highest BCUT2D eigenvalue weighted by Crippen LogP contribution is 2.41. The Morgan fingerprint density at radius 3 is 2.55 bits per heavy atom. The number of likely N-dealkylation sites (tertiary alicyclic amines) is 1. The van der Waals surface area contributed by atoms with Gasteiger partial charge in [-0.25, -0.2) is 13.9 Å². The van der Waals surface area contributed by atoms with Crippen LogP contribution >= 0.6 is 22.7 Å². The van der Waals surface area contributed by atoms with Gasteiger partial charge in [0.1, 0.15) is 23.9 Å². The lowest BCUT2D eigenvalue weighted by atomic mass is 9.85. The van der Waals surface area contributed by atoms with E-state index in [9.17, 15) is 33.9 Å². The van der Waals surface area contributed by atoms with Crippen LogP contribution < -0.4 is 30.9 Å². The summed E-state index contributed by atoms with van der Waals surface area (Å²) < 4.78 is 22.6. The molecule has 5 N–H and O–H groups in total. The summed E-state index contributed by atoms with van der Waals surface area (Å²) in [7, 11) is 1.83. The first-order valence-electron chi connectivity index (χ1n) is 23.4. The zero-order valence-corrected chi connectivity index (χ0v) is 41.5. The van der Waals surface area contributed by atoms with Crippen molar-refractivity contribution < 1.29 is 33.4 Å². The maximum absolute atomic E-state index is 14.7. The van der Waals surface area contributed by atoms with Gasteiger partial charge in [0.15, 0.2) is 17.3 Å². The standard InChI is InChI=1S/C49H54FN13O6S2/c1-27-41(70-26-55-27)29-6-7-30(22-54-43(66)38-18-33(64)24-62(38)45(67)42(48(2,3)4)58-46(68)49(50)12-13-49)39(17-29)69-25-40(65)57-31-10-14-61(15-11-31)47-60-59-44(71-47)34-23-53-36(19-35(34)52-5)37-9-8-32-16-28(20-51)21-56-63(32)37/h6-9,16-17,19,21,23,26,31,33,38,42,64H,10-15,18,22,24-25H2,1-5H3,(H,52,53)(H,54,66)(H,57,65)(H,58,68)/t33-,38+,42-/m1/s1. The number of carbonyl (C=O) groups excluding carboxylic acids is 4. The second-order valence-electron chi connectivity index (χ2n) is 19.2. The quantitative estimate of drug-likeness (QED) is 0.0906. The van der Waals surface area contributed by atoms with Crippen molar-refractivity contribution in [3.8, 4) is 44.2 Å². The average molecular weight is 1000 g/mol. The summed E-state index contributed by atoms with van der Waals surface area (Å²) in [4.78, 5) is 67.5. The Hall–Kier alpha value is -7.09. The summed E-state index contributed by atoms with van der Waals surface area (Å²) in [6.07, 6.45) is 3.79. The van der Waals surface area contributed by atoms with E-state index in [1.165, 1.54) is 33.8 Å². The van der Waals surface area contributed by atoms with Crippen molar-refractivity contribution in [2.24, 2.45) is 5.41 Å². The fourth-order valence-electron chi connectivity index (χ4n) is 8.88. The molecule has 1 saturated carbocycles. The van der Waals surface area contributed by atoms with Gasteiger partial charge in [-0.2, -0.15) is 10.4 Å². The number of nitriles is 1. The van der Waals surface area contributed by atoms with E-state index in [0.29, 0.717) is 53.5 Å². The highest BCUT2D eigenvalue weighted by Gasteiger charge is 2.53. The van der Waals surface area contributed by atoms with Crippen molar-refractivity contribution in [3.05, 3.63) is 77.2 Å². The van der Waals surface area contributed by atoms with Crippen LogP contribution in [0, 0.1) is 23.7 Å². The Balaban J connectivity index is 0.811. The van der Waals surface area contributed by atoms with Gasteiger partial charge in [0.05, 0.1) is 56.4 Å². The summed E-state index contributed by atoms with van der Waals surface area (Å²) in [5.41, 5.74) is 5.53. The number of β-amino-alcohol motifs (C(OH)–C–C–N with tert-alkyl or cyclic N) is 1. The molecule has 5 aromatic heterocycles. The van der Waals surface area contributed by atoms with E-state index in [1.54, 1.807) is 49.1 Å². The molecule has 370 valence electrons. The summed E-state index contributed by atoms with van der Waals surface area (Å²) >= 11 is 2.93. The second-order valence-corrected chi connectivity index (χ2v) is 21.0. The van der Waals surface area contributed by atoms with E-state index in [-0.39, 0.29) is 50.9 Å². The van der Waals surface area contributed by atoms with Gasteiger partial charge in [-0.05, 0) is 73.9 Å². The van der Waals surface area contributed by atoms with Gasteiger partial charge >= 0.3 is 0 Å². The number of pyridine rings is 1. The maximum Gasteiger partial charge on any atom is 0.258 e. The second kappa shape index (κ2) is 20.0. The number of hydrogen-bond acceptors (Lipinski definition) is 16. The monoisotopic (exact) mass is 1000 g/mol.